The van der Waals surface area contributed by atoms with Crippen LogP contribution in [0.3, 0.4) is 0 Å². The van der Waals surface area contributed by atoms with E-state index >= 15 is 0 Å². The van der Waals surface area contributed by atoms with Crippen molar-refractivity contribution in [2.45, 2.75) is 6.92 Å². The van der Waals surface area contributed by atoms with E-state index in [1.165, 1.54) is 11.8 Å². The molecule has 1 saturated heterocycles. The fraction of sp³-hybridized carbons (Fsp3) is 0.111. The van der Waals surface area contributed by atoms with Crippen molar-refractivity contribution in [2.75, 3.05) is 7.11 Å². The topological polar surface area (TPSA) is 50.7 Å². The Morgan fingerprint density at radius 1 is 1.20 bits per heavy atom. The first-order valence-electron chi connectivity index (χ1n) is 7.36. The number of amidine groups is 1. The summed E-state index contributed by atoms with van der Waals surface area (Å²) < 4.78 is 5.13. The maximum atomic E-state index is 12.2. The van der Waals surface area contributed by atoms with Crippen LogP contribution in [0.5, 0.6) is 5.75 Å². The lowest BCUT2D eigenvalue weighted by molar-refractivity contribution is -0.115. The van der Waals surface area contributed by atoms with Gasteiger partial charge in [0.05, 0.1) is 22.7 Å². The van der Waals surface area contributed by atoms with E-state index in [2.05, 4.69) is 10.3 Å². The zero-order chi connectivity index (χ0) is 18.0. The number of hydrogen-bond donors (Lipinski definition) is 1. The molecule has 2 aromatic rings. The molecule has 25 heavy (non-hydrogen) atoms. The molecule has 7 heteroatoms. The third-order valence-electron chi connectivity index (χ3n) is 3.59. The smallest absolute Gasteiger partial charge is 0.264 e. The van der Waals surface area contributed by atoms with E-state index in [0.29, 0.717) is 25.9 Å². The lowest BCUT2D eigenvalue weighted by Gasteiger charge is -2.03. The number of rotatable bonds is 3. The van der Waals surface area contributed by atoms with Gasteiger partial charge < -0.3 is 10.1 Å². The minimum Gasteiger partial charge on any atom is -0.495 e. The van der Waals surface area contributed by atoms with Crippen molar-refractivity contribution >= 4 is 57.8 Å². The van der Waals surface area contributed by atoms with Crippen LogP contribution in [0.15, 0.2) is 46.3 Å². The molecule has 0 saturated carbocycles. The third-order valence-corrected chi connectivity index (χ3v) is 5.20. The van der Waals surface area contributed by atoms with Gasteiger partial charge in [-0.1, -0.05) is 35.3 Å². The van der Waals surface area contributed by atoms with Crippen LogP contribution in [0.1, 0.15) is 11.1 Å². The van der Waals surface area contributed by atoms with Crippen LogP contribution in [-0.2, 0) is 4.79 Å². The molecule has 0 radical (unpaired) electrons. The molecular formula is C18H14Cl2N2O2S. The van der Waals surface area contributed by atoms with Gasteiger partial charge in [-0.05, 0) is 60.2 Å². The van der Waals surface area contributed by atoms with Crippen LogP contribution < -0.4 is 10.1 Å². The van der Waals surface area contributed by atoms with Gasteiger partial charge in [0, 0.05) is 5.02 Å². The molecule has 1 heterocycles. The molecule has 1 N–H and O–H groups in total. The molecule has 0 aliphatic carbocycles. The molecular weight excluding hydrogens is 379 g/mol. The molecule has 0 spiro atoms. The molecule has 3 rings (SSSR count). The van der Waals surface area contributed by atoms with Gasteiger partial charge in [0.15, 0.2) is 5.17 Å². The molecule has 1 aliphatic rings. The first-order valence-corrected chi connectivity index (χ1v) is 8.93. The van der Waals surface area contributed by atoms with Crippen LogP contribution >= 0.6 is 35.0 Å². The van der Waals surface area contributed by atoms with Crippen molar-refractivity contribution in [1.29, 1.82) is 0 Å². The number of thioether (sulfide) groups is 1. The van der Waals surface area contributed by atoms with E-state index in [1.807, 2.05) is 25.1 Å². The molecule has 0 unspecified atom stereocenters. The van der Waals surface area contributed by atoms with Crippen molar-refractivity contribution in [3.63, 3.8) is 0 Å². The number of hydrogen-bond acceptors (Lipinski definition) is 4. The number of amides is 1. The number of ether oxygens (including phenoxy) is 1. The van der Waals surface area contributed by atoms with E-state index in [4.69, 9.17) is 27.9 Å². The molecule has 1 amide bonds. The largest absolute Gasteiger partial charge is 0.495 e. The molecule has 4 nitrogen and oxygen atoms in total. The second-order valence-corrected chi connectivity index (χ2v) is 7.10. The summed E-state index contributed by atoms with van der Waals surface area (Å²) in [5, 5.41) is 4.40. The molecule has 0 bridgehead atoms. The molecule has 0 aromatic heterocycles. The highest BCUT2D eigenvalue weighted by molar-refractivity contribution is 8.18. The highest BCUT2D eigenvalue weighted by Gasteiger charge is 2.24. The molecule has 1 fully saturated rings. The number of halogens is 2. The summed E-state index contributed by atoms with van der Waals surface area (Å²) in [6, 6.07) is 10.8. The number of nitrogens with one attached hydrogen (secondary N) is 1. The fourth-order valence-electron chi connectivity index (χ4n) is 2.23. The second-order valence-electron chi connectivity index (χ2n) is 5.26. The third kappa shape index (κ3) is 4.00. The molecule has 128 valence electrons. The second kappa shape index (κ2) is 7.52. The summed E-state index contributed by atoms with van der Waals surface area (Å²) in [4.78, 5) is 17.2. The van der Waals surface area contributed by atoms with Gasteiger partial charge in [-0.25, -0.2) is 4.99 Å². The molecule has 1 aliphatic heterocycles. The summed E-state index contributed by atoms with van der Waals surface area (Å²) in [6.07, 6.45) is 1.76. The molecule has 2 aromatic carbocycles. The van der Waals surface area contributed by atoms with Crippen LogP contribution in [0.25, 0.3) is 6.08 Å². The van der Waals surface area contributed by atoms with E-state index in [0.717, 1.165) is 16.8 Å². The van der Waals surface area contributed by atoms with Crippen LogP contribution in [0.4, 0.5) is 5.69 Å². The molecule has 0 atom stereocenters. The zero-order valence-corrected chi connectivity index (χ0v) is 15.8. The lowest BCUT2D eigenvalue weighted by atomic mass is 10.2. The summed E-state index contributed by atoms with van der Waals surface area (Å²) in [5.74, 6) is 0.390. The number of nitrogens with zero attached hydrogens (tertiary/aromatic N) is 1. The van der Waals surface area contributed by atoms with E-state index in [-0.39, 0.29) is 5.91 Å². The van der Waals surface area contributed by atoms with Gasteiger partial charge in [-0.2, -0.15) is 0 Å². The Labute approximate surface area is 159 Å². The standard InChI is InChI=1S/C18H14Cl2N2O2S/c1-10-12(19)4-3-5-14(10)21-18-22-17(23)16(25-18)9-11-6-7-15(24-2)13(20)8-11/h3-9H,1-2H3,(H,21,22,23)/b16-9+. The van der Waals surface area contributed by atoms with Crippen LogP contribution in [-0.4, -0.2) is 18.2 Å². The maximum absolute atomic E-state index is 12.2. The Morgan fingerprint density at radius 3 is 2.72 bits per heavy atom. The number of methoxy groups -OCH3 is 1. The predicted molar refractivity (Wildman–Crippen MR) is 105 cm³/mol. The highest BCUT2D eigenvalue weighted by atomic mass is 35.5. The van der Waals surface area contributed by atoms with E-state index in [1.54, 1.807) is 31.4 Å². The van der Waals surface area contributed by atoms with Gasteiger partial charge >= 0.3 is 0 Å². The SMILES string of the molecule is COc1ccc(/C=C2/SC(=Nc3cccc(Cl)c3C)NC2=O)cc1Cl. The highest BCUT2D eigenvalue weighted by Crippen LogP contribution is 2.32. The number of carbonyl (C=O) groups excluding carboxylic acids is 1. The Morgan fingerprint density at radius 2 is 2.00 bits per heavy atom. The van der Waals surface area contributed by atoms with E-state index < -0.39 is 0 Å². The zero-order valence-electron chi connectivity index (χ0n) is 13.5. The average molecular weight is 393 g/mol. The summed E-state index contributed by atoms with van der Waals surface area (Å²) in [6.45, 7) is 1.89. The van der Waals surface area contributed by atoms with Gasteiger partial charge in [0.25, 0.3) is 5.91 Å². The van der Waals surface area contributed by atoms with Crippen molar-refractivity contribution in [3.05, 3.63) is 62.5 Å². The Hall–Kier alpha value is -1.95. The van der Waals surface area contributed by atoms with E-state index in [9.17, 15) is 4.79 Å². The quantitative estimate of drug-likeness (QED) is 0.729. The van der Waals surface area contributed by atoms with Gasteiger partial charge in [-0.3, -0.25) is 4.79 Å². The number of benzene rings is 2. The normalized spacial score (nSPS) is 17.2. The van der Waals surface area contributed by atoms with Crippen LogP contribution in [0, 0.1) is 6.92 Å². The Bertz CT molecular complexity index is 910. The minimum absolute atomic E-state index is 0.199. The van der Waals surface area contributed by atoms with Crippen molar-refractivity contribution in [3.8, 4) is 5.75 Å². The van der Waals surface area contributed by atoms with Crippen molar-refractivity contribution < 1.29 is 9.53 Å². The van der Waals surface area contributed by atoms with Gasteiger partial charge in [0.2, 0.25) is 0 Å². The number of carbonyl (C=O) groups is 1. The summed E-state index contributed by atoms with van der Waals surface area (Å²) in [5.41, 5.74) is 2.40. The van der Waals surface area contributed by atoms with Gasteiger partial charge in [-0.15, -0.1) is 0 Å². The predicted octanol–water partition coefficient (Wildman–Crippen LogP) is 5.20. The summed E-state index contributed by atoms with van der Waals surface area (Å²) >= 11 is 13.5. The lowest BCUT2D eigenvalue weighted by Crippen LogP contribution is -2.19. The van der Waals surface area contributed by atoms with Crippen molar-refractivity contribution in [2.24, 2.45) is 4.99 Å². The average Bonchev–Trinajstić information content (AvgIpc) is 2.91. The fourth-order valence-corrected chi connectivity index (χ4v) is 3.50. The minimum atomic E-state index is -0.199. The Balaban J connectivity index is 1.86. The first kappa shape index (κ1) is 17.9. The van der Waals surface area contributed by atoms with Crippen molar-refractivity contribution in [1.82, 2.24) is 5.32 Å². The first-order chi connectivity index (χ1) is 12.0. The Kier molecular flexibility index (Phi) is 5.37. The summed E-state index contributed by atoms with van der Waals surface area (Å²) in [7, 11) is 1.56. The monoisotopic (exact) mass is 392 g/mol. The van der Waals surface area contributed by atoms with Crippen LogP contribution in [0.2, 0.25) is 10.0 Å². The van der Waals surface area contributed by atoms with Gasteiger partial charge in [0.1, 0.15) is 5.75 Å². The maximum Gasteiger partial charge on any atom is 0.264 e. The number of aliphatic imine (C=N–C) groups is 1.